The molecule has 1 amide bonds. The summed E-state index contributed by atoms with van der Waals surface area (Å²) in [6, 6.07) is 0. The Morgan fingerprint density at radius 1 is 1.46 bits per heavy atom. The summed E-state index contributed by atoms with van der Waals surface area (Å²) in [6.07, 6.45) is 1.01. The number of β-amino-alcohol motifs (C(OH)–C–C–N with tert-alkyl or cyclic N) is 1. The monoisotopic (exact) mass is 186 g/mol. The predicted octanol–water partition coefficient (Wildman–Crippen LogP) is -0.467. The molecule has 0 aromatic carbocycles. The molecule has 0 saturated carbocycles. The summed E-state index contributed by atoms with van der Waals surface area (Å²) >= 11 is 0. The Balaban J connectivity index is 2.45. The molecule has 4 heteroatoms. The summed E-state index contributed by atoms with van der Waals surface area (Å²) in [5.41, 5.74) is 0. The lowest BCUT2D eigenvalue weighted by atomic mass is 10.4. The molecule has 76 valence electrons. The van der Waals surface area contributed by atoms with Gasteiger partial charge in [-0.3, -0.25) is 9.69 Å². The third-order valence-corrected chi connectivity index (χ3v) is 2.41. The molecule has 4 nitrogen and oxygen atoms in total. The Morgan fingerprint density at radius 3 is 2.85 bits per heavy atom. The van der Waals surface area contributed by atoms with Crippen LogP contribution in [0.4, 0.5) is 0 Å². The van der Waals surface area contributed by atoms with Crippen molar-refractivity contribution in [2.75, 3.05) is 39.3 Å². The molecule has 0 aliphatic carbocycles. The summed E-state index contributed by atoms with van der Waals surface area (Å²) in [6.45, 7) is 5.79. The maximum absolute atomic E-state index is 11.5. The van der Waals surface area contributed by atoms with Crippen molar-refractivity contribution in [1.29, 1.82) is 0 Å². The Hall–Kier alpha value is -0.610. The number of aliphatic hydroxyl groups excluding tert-OH is 1. The number of amides is 1. The molecular formula is C9H18N2O2. The molecule has 1 fully saturated rings. The number of rotatable bonds is 3. The first-order valence-electron chi connectivity index (χ1n) is 4.89. The van der Waals surface area contributed by atoms with Crippen LogP contribution in [0.1, 0.15) is 13.3 Å². The van der Waals surface area contributed by atoms with Crippen LogP contribution in [0, 0.1) is 0 Å². The van der Waals surface area contributed by atoms with E-state index in [1.54, 1.807) is 0 Å². The van der Waals surface area contributed by atoms with E-state index in [0.29, 0.717) is 13.1 Å². The number of likely N-dealkylation sites (N-methyl/N-ethyl adjacent to an activating group) is 1. The number of nitrogens with zero attached hydrogens (tertiary/aromatic N) is 2. The van der Waals surface area contributed by atoms with Gasteiger partial charge in [-0.1, -0.05) is 0 Å². The van der Waals surface area contributed by atoms with E-state index in [9.17, 15) is 4.79 Å². The fraction of sp³-hybridized carbons (Fsp3) is 0.889. The van der Waals surface area contributed by atoms with Crippen molar-refractivity contribution in [2.45, 2.75) is 13.3 Å². The van der Waals surface area contributed by atoms with Crippen molar-refractivity contribution >= 4 is 5.91 Å². The summed E-state index contributed by atoms with van der Waals surface area (Å²) < 4.78 is 0. The zero-order valence-corrected chi connectivity index (χ0v) is 8.20. The maximum Gasteiger partial charge on any atom is 0.236 e. The Morgan fingerprint density at radius 2 is 2.23 bits per heavy atom. The van der Waals surface area contributed by atoms with E-state index < -0.39 is 0 Å². The van der Waals surface area contributed by atoms with Crippen LogP contribution in [0.25, 0.3) is 0 Å². The normalized spacial score (nSPS) is 20.5. The van der Waals surface area contributed by atoms with E-state index in [2.05, 4.69) is 0 Å². The van der Waals surface area contributed by atoms with Crippen LogP contribution in [0.5, 0.6) is 0 Å². The lowest BCUT2D eigenvalue weighted by molar-refractivity contribution is -0.131. The first kappa shape index (κ1) is 10.5. The maximum atomic E-state index is 11.5. The van der Waals surface area contributed by atoms with Gasteiger partial charge in [-0.05, 0) is 13.3 Å². The molecule has 0 unspecified atom stereocenters. The van der Waals surface area contributed by atoms with Crippen LogP contribution in [-0.2, 0) is 4.79 Å². The third kappa shape index (κ3) is 2.97. The molecule has 0 radical (unpaired) electrons. The van der Waals surface area contributed by atoms with Crippen LogP contribution >= 0.6 is 0 Å². The van der Waals surface area contributed by atoms with Crippen molar-refractivity contribution in [2.24, 2.45) is 0 Å². The topological polar surface area (TPSA) is 43.8 Å². The highest BCUT2D eigenvalue weighted by atomic mass is 16.3. The molecule has 0 spiro atoms. The molecule has 1 saturated heterocycles. The quantitative estimate of drug-likeness (QED) is 0.648. The third-order valence-electron chi connectivity index (χ3n) is 2.41. The van der Waals surface area contributed by atoms with Gasteiger partial charge in [-0.2, -0.15) is 0 Å². The predicted molar refractivity (Wildman–Crippen MR) is 50.4 cm³/mol. The molecule has 0 aromatic heterocycles. The number of carbonyl (C=O) groups is 1. The van der Waals surface area contributed by atoms with Crippen molar-refractivity contribution in [3.05, 3.63) is 0 Å². The molecule has 1 heterocycles. The molecule has 0 bridgehead atoms. The van der Waals surface area contributed by atoms with Gasteiger partial charge in [0, 0.05) is 26.2 Å². The van der Waals surface area contributed by atoms with E-state index >= 15 is 0 Å². The van der Waals surface area contributed by atoms with E-state index in [-0.39, 0.29) is 12.5 Å². The average Bonchev–Trinajstić information content (AvgIpc) is 2.28. The SMILES string of the molecule is CCN1CCCN(CCO)CC1=O. The standard InChI is InChI=1S/C9H18N2O2/c1-2-11-5-3-4-10(6-7-12)8-9(11)13/h12H,2-8H2,1H3. The van der Waals surface area contributed by atoms with Gasteiger partial charge in [0.05, 0.1) is 13.2 Å². The van der Waals surface area contributed by atoms with Crippen molar-refractivity contribution in [3.8, 4) is 0 Å². The van der Waals surface area contributed by atoms with Crippen molar-refractivity contribution in [1.82, 2.24) is 9.80 Å². The number of hydrogen-bond acceptors (Lipinski definition) is 3. The van der Waals surface area contributed by atoms with Gasteiger partial charge >= 0.3 is 0 Å². The van der Waals surface area contributed by atoms with Gasteiger partial charge in [0.1, 0.15) is 0 Å². The van der Waals surface area contributed by atoms with Gasteiger partial charge < -0.3 is 10.0 Å². The smallest absolute Gasteiger partial charge is 0.236 e. The van der Waals surface area contributed by atoms with Crippen molar-refractivity contribution in [3.63, 3.8) is 0 Å². The van der Waals surface area contributed by atoms with E-state index in [1.165, 1.54) is 0 Å². The zero-order chi connectivity index (χ0) is 9.68. The lowest BCUT2D eigenvalue weighted by Crippen LogP contribution is -2.37. The Kier molecular flexibility index (Phi) is 4.18. The van der Waals surface area contributed by atoms with Gasteiger partial charge in [-0.15, -0.1) is 0 Å². The summed E-state index contributed by atoms with van der Waals surface area (Å²) in [7, 11) is 0. The molecule has 0 aromatic rings. The van der Waals surface area contributed by atoms with Gasteiger partial charge in [0.2, 0.25) is 5.91 Å². The van der Waals surface area contributed by atoms with Crippen LogP contribution in [-0.4, -0.2) is 60.1 Å². The molecule has 0 atom stereocenters. The second-order valence-electron chi connectivity index (χ2n) is 3.33. The molecule has 13 heavy (non-hydrogen) atoms. The summed E-state index contributed by atoms with van der Waals surface area (Å²) in [5.74, 6) is 0.188. The minimum absolute atomic E-state index is 0.138. The van der Waals surface area contributed by atoms with E-state index in [0.717, 1.165) is 26.1 Å². The minimum Gasteiger partial charge on any atom is -0.395 e. The highest BCUT2D eigenvalue weighted by molar-refractivity contribution is 5.78. The number of hydrogen-bond donors (Lipinski definition) is 1. The first-order valence-corrected chi connectivity index (χ1v) is 4.89. The number of carbonyl (C=O) groups excluding carboxylic acids is 1. The second-order valence-corrected chi connectivity index (χ2v) is 3.33. The van der Waals surface area contributed by atoms with E-state index in [4.69, 9.17) is 5.11 Å². The molecular weight excluding hydrogens is 168 g/mol. The van der Waals surface area contributed by atoms with Gasteiger partial charge in [-0.25, -0.2) is 0 Å². The van der Waals surface area contributed by atoms with Gasteiger partial charge in [0.25, 0.3) is 0 Å². The lowest BCUT2D eigenvalue weighted by Gasteiger charge is -2.19. The summed E-state index contributed by atoms with van der Waals surface area (Å²) in [4.78, 5) is 15.4. The Labute approximate surface area is 79.1 Å². The van der Waals surface area contributed by atoms with Crippen LogP contribution in [0.3, 0.4) is 0 Å². The van der Waals surface area contributed by atoms with Gasteiger partial charge in [0.15, 0.2) is 0 Å². The average molecular weight is 186 g/mol. The van der Waals surface area contributed by atoms with Crippen LogP contribution < -0.4 is 0 Å². The zero-order valence-electron chi connectivity index (χ0n) is 8.20. The van der Waals surface area contributed by atoms with Crippen molar-refractivity contribution < 1.29 is 9.90 Å². The second kappa shape index (κ2) is 5.19. The number of aliphatic hydroxyl groups is 1. The molecule has 1 aliphatic rings. The molecule has 1 N–H and O–H groups in total. The van der Waals surface area contributed by atoms with E-state index in [1.807, 2.05) is 16.7 Å². The highest BCUT2D eigenvalue weighted by Gasteiger charge is 2.19. The fourth-order valence-electron chi connectivity index (χ4n) is 1.65. The largest absolute Gasteiger partial charge is 0.395 e. The molecule has 1 aliphatic heterocycles. The van der Waals surface area contributed by atoms with Crippen LogP contribution in [0.2, 0.25) is 0 Å². The van der Waals surface area contributed by atoms with Crippen LogP contribution in [0.15, 0.2) is 0 Å². The first-order chi connectivity index (χ1) is 6.27. The molecule has 1 rings (SSSR count). The minimum atomic E-state index is 0.138. The summed E-state index contributed by atoms with van der Waals surface area (Å²) in [5, 5.41) is 8.75. The highest BCUT2D eigenvalue weighted by Crippen LogP contribution is 2.03. The fourth-order valence-corrected chi connectivity index (χ4v) is 1.65. The Bertz CT molecular complexity index is 173.